The molecule has 0 N–H and O–H groups in total. The number of halogens is 1. The molecule has 0 aliphatic carbocycles. The zero-order valence-electron chi connectivity index (χ0n) is 17.5. The van der Waals surface area contributed by atoms with E-state index in [9.17, 15) is 14.0 Å². The fourth-order valence-electron chi connectivity index (χ4n) is 3.45. The summed E-state index contributed by atoms with van der Waals surface area (Å²) in [5.41, 5.74) is 0.155. The van der Waals surface area contributed by atoms with Gasteiger partial charge in [0.2, 0.25) is 11.8 Å². The van der Waals surface area contributed by atoms with E-state index in [4.69, 9.17) is 0 Å². The van der Waals surface area contributed by atoms with Gasteiger partial charge in [0.15, 0.2) is 0 Å². The zero-order chi connectivity index (χ0) is 20.4. The van der Waals surface area contributed by atoms with Crippen molar-refractivity contribution in [2.75, 3.05) is 24.5 Å². The van der Waals surface area contributed by atoms with Crippen LogP contribution in [0.2, 0.25) is 0 Å². The number of piperidine rings is 1. The molecule has 0 bridgehead atoms. The Labute approximate surface area is 162 Å². The van der Waals surface area contributed by atoms with Crippen molar-refractivity contribution in [3.05, 3.63) is 30.1 Å². The second-order valence-corrected chi connectivity index (χ2v) is 9.80. The van der Waals surface area contributed by atoms with Crippen LogP contribution in [-0.4, -0.2) is 36.3 Å². The highest BCUT2D eigenvalue weighted by atomic mass is 19.1. The van der Waals surface area contributed by atoms with Crippen molar-refractivity contribution >= 4 is 17.5 Å². The molecule has 1 aliphatic rings. The maximum absolute atomic E-state index is 13.4. The smallest absolute Gasteiger partial charge is 0.231 e. The molecule has 1 aromatic carbocycles. The van der Waals surface area contributed by atoms with Gasteiger partial charge in [0.25, 0.3) is 0 Å². The van der Waals surface area contributed by atoms with E-state index in [1.165, 1.54) is 12.1 Å². The number of hydrogen-bond donors (Lipinski definition) is 0. The summed E-state index contributed by atoms with van der Waals surface area (Å²) in [5.74, 6) is -0.439. The Morgan fingerprint density at radius 2 is 1.70 bits per heavy atom. The first-order valence-corrected chi connectivity index (χ1v) is 9.75. The van der Waals surface area contributed by atoms with Gasteiger partial charge >= 0.3 is 0 Å². The van der Waals surface area contributed by atoms with Crippen molar-refractivity contribution < 1.29 is 14.0 Å². The fraction of sp³-hybridized carbons (Fsp3) is 0.636. The van der Waals surface area contributed by atoms with E-state index in [1.54, 1.807) is 17.0 Å². The molecule has 4 nitrogen and oxygen atoms in total. The van der Waals surface area contributed by atoms with E-state index in [0.29, 0.717) is 25.3 Å². The van der Waals surface area contributed by atoms with Crippen LogP contribution in [0.5, 0.6) is 0 Å². The molecule has 1 aromatic rings. The lowest BCUT2D eigenvalue weighted by Gasteiger charge is -2.39. The highest BCUT2D eigenvalue weighted by Crippen LogP contribution is 2.28. The van der Waals surface area contributed by atoms with Crippen LogP contribution < -0.4 is 4.90 Å². The number of hydrogen-bond acceptors (Lipinski definition) is 2. The molecule has 1 heterocycles. The van der Waals surface area contributed by atoms with Gasteiger partial charge < -0.3 is 9.80 Å². The largest absolute Gasteiger partial charge is 0.341 e. The molecule has 27 heavy (non-hydrogen) atoms. The summed E-state index contributed by atoms with van der Waals surface area (Å²) in [6.07, 6.45) is 1.60. The first-order chi connectivity index (χ1) is 12.4. The molecule has 0 radical (unpaired) electrons. The molecule has 5 heteroatoms. The first-order valence-electron chi connectivity index (χ1n) is 9.75. The molecule has 2 amide bonds. The third kappa shape index (κ3) is 5.78. The Kier molecular flexibility index (Phi) is 6.33. The molecule has 1 atom stereocenters. The highest BCUT2D eigenvalue weighted by Gasteiger charge is 2.36. The molecule has 0 unspecified atom stereocenters. The van der Waals surface area contributed by atoms with Gasteiger partial charge in [-0.3, -0.25) is 9.59 Å². The molecule has 1 fully saturated rings. The van der Waals surface area contributed by atoms with Gasteiger partial charge in [0.1, 0.15) is 5.82 Å². The minimum absolute atomic E-state index is 0.0166. The molecule has 150 valence electrons. The van der Waals surface area contributed by atoms with Gasteiger partial charge in [-0.05, 0) is 42.5 Å². The number of anilines is 1. The summed E-state index contributed by atoms with van der Waals surface area (Å²) in [6, 6.07) is 6.07. The Hall–Kier alpha value is -1.91. The second kappa shape index (κ2) is 7.99. The summed E-state index contributed by atoms with van der Waals surface area (Å²) in [7, 11) is 0. The van der Waals surface area contributed by atoms with Crippen molar-refractivity contribution in [3.63, 3.8) is 0 Å². The second-order valence-electron chi connectivity index (χ2n) is 9.80. The minimum atomic E-state index is -0.451. The average molecular weight is 377 g/mol. The van der Waals surface area contributed by atoms with Gasteiger partial charge in [-0.2, -0.15) is 0 Å². The Bertz CT molecular complexity index is 671. The molecular weight excluding hydrogens is 343 g/mol. The standard InChI is InChI=1S/C22H33FN2O2/c1-21(2,3)15-25(18-11-9-17(23)10-12-18)19(26)16-8-7-13-24(14-16)20(27)22(4,5)6/h9-12,16H,7-8,13-15H2,1-6H3/t16-/m0/s1. The molecule has 0 aromatic heterocycles. The number of carbonyl (C=O) groups excluding carboxylic acids is 2. The lowest BCUT2D eigenvalue weighted by Crippen LogP contribution is -2.50. The van der Waals surface area contributed by atoms with Crippen LogP contribution in [0.3, 0.4) is 0 Å². The molecular formula is C22H33FN2O2. The Morgan fingerprint density at radius 3 is 2.22 bits per heavy atom. The Morgan fingerprint density at radius 1 is 1.11 bits per heavy atom. The molecule has 1 aliphatic heterocycles. The summed E-state index contributed by atoms with van der Waals surface area (Å²) >= 11 is 0. The van der Waals surface area contributed by atoms with Gasteiger partial charge in [-0.15, -0.1) is 0 Å². The van der Waals surface area contributed by atoms with E-state index in [1.807, 2.05) is 25.7 Å². The van der Waals surface area contributed by atoms with Gasteiger partial charge in [0.05, 0.1) is 5.92 Å². The number of benzene rings is 1. The normalized spacial score (nSPS) is 18.3. The number of carbonyl (C=O) groups is 2. The van der Waals surface area contributed by atoms with Crippen LogP contribution in [0.15, 0.2) is 24.3 Å². The average Bonchev–Trinajstić information content (AvgIpc) is 2.58. The van der Waals surface area contributed by atoms with Gasteiger partial charge in [-0.25, -0.2) is 4.39 Å². The number of likely N-dealkylation sites (tertiary alicyclic amines) is 1. The molecule has 0 spiro atoms. The van der Waals surface area contributed by atoms with Crippen LogP contribution in [-0.2, 0) is 9.59 Å². The Balaban J connectivity index is 2.23. The maximum atomic E-state index is 13.4. The summed E-state index contributed by atoms with van der Waals surface area (Å²) in [6.45, 7) is 13.7. The summed E-state index contributed by atoms with van der Waals surface area (Å²) in [4.78, 5) is 29.6. The van der Waals surface area contributed by atoms with Crippen molar-refractivity contribution in [2.45, 2.75) is 54.4 Å². The summed E-state index contributed by atoms with van der Waals surface area (Å²) < 4.78 is 13.3. The third-order valence-corrected chi connectivity index (χ3v) is 4.74. The SMILES string of the molecule is CC(C)(C)CN(C(=O)[C@H]1CCCN(C(=O)C(C)(C)C)C1)c1ccc(F)cc1. The highest BCUT2D eigenvalue weighted by molar-refractivity contribution is 5.95. The zero-order valence-corrected chi connectivity index (χ0v) is 17.5. The predicted octanol–water partition coefficient (Wildman–Crippen LogP) is 4.49. The van der Waals surface area contributed by atoms with Gasteiger partial charge in [-0.1, -0.05) is 41.5 Å². The van der Waals surface area contributed by atoms with E-state index < -0.39 is 5.41 Å². The molecule has 1 saturated heterocycles. The van der Waals surface area contributed by atoms with Crippen molar-refractivity contribution in [2.24, 2.45) is 16.7 Å². The van der Waals surface area contributed by atoms with Gasteiger partial charge in [0, 0.05) is 30.7 Å². The number of amides is 2. The van der Waals surface area contributed by atoms with E-state index in [-0.39, 0.29) is 29.0 Å². The summed E-state index contributed by atoms with van der Waals surface area (Å²) in [5, 5.41) is 0. The number of rotatable bonds is 3. The molecule has 0 saturated carbocycles. The van der Waals surface area contributed by atoms with Crippen LogP contribution in [0.4, 0.5) is 10.1 Å². The lowest BCUT2D eigenvalue weighted by atomic mass is 9.89. The monoisotopic (exact) mass is 376 g/mol. The van der Waals surface area contributed by atoms with E-state index in [2.05, 4.69) is 20.8 Å². The van der Waals surface area contributed by atoms with Crippen LogP contribution >= 0.6 is 0 Å². The topological polar surface area (TPSA) is 40.6 Å². The van der Waals surface area contributed by atoms with Crippen molar-refractivity contribution in [3.8, 4) is 0 Å². The maximum Gasteiger partial charge on any atom is 0.231 e. The van der Waals surface area contributed by atoms with Crippen molar-refractivity contribution in [1.29, 1.82) is 0 Å². The molecule has 2 rings (SSSR count). The fourth-order valence-corrected chi connectivity index (χ4v) is 3.45. The van der Waals surface area contributed by atoms with Crippen LogP contribution in [0, 0.1) is 22.6 Å². The van der Waals surface area contributed by atoms with Crippen LogP contribution in [0.25, 0.3) is 0 Å². The van der Waals surface area contributed by atoms with Crippen LogP contribution in [0.1, 0.15) is 54.4 Å². The first kappa shape index (κ1) is 21.4. The minimum Gasteiger partial charge on any atom is -0.341 e. The quantitative estimate of drug-likeness (QED) is 0.780. The predicted molar refractivity (Wildman–Crippen MR) is 107 cm³/mol. The number of nitrogens with zero attached hydrogens (tertiary/aromatic N) is 2. The van der Waals surface area contributed by atoms with E-state index >= 15 is 0 Å². The lowest BCUT2D eigenvalue weighted by molar-refractivity contribution is -0.142. The van der Waals surface area contributed by atoms with Crippen molar-refractivity contribution in [1.82, 2.24) is 4.90 Å². The van der Waals surface area contributed by atoms with E-state index in [0.717, 1.165) is 12.8 Å². The third-order valence-electron chi connectivity index (χ3n) is 4.74.